The van der Waals surface area contributed by atoms with Crippen molar-refractivity contribution >= 4 is 39.1 Å². The summed E-state index contributed by atoms with van der Waals surface area (Å²) in [5, 5.41) is 11.5. The van der Waals surface area contributed by atoms with Crippen LogP contribution in [-0.2, 0) is 28.9 Å². The minimum absolute atomic E-state index is 0.206. The Labute approximate surface area is 196 Å². The molecule has 0 aliphatic heterocycles. The SMILES string of the molecule is CCOC(=O)c1ccccc1NC(=O)Cn1nnc2sc3c(c2c1=O)CC[C@@H](C(C)(C)C)C3. The number of thiophene rings is 1. The summed E-state index contributed by atoms with van der Waals surface area (Å²) in [7, 11) is 0. The molecule has 0 radical (unpaired) electrons. The first-order valence-electron chi connectivity index (χ1n) is 11.1. The highest BCUT2D eigenvalue weighted by molar-refractivity contribution is 7.18. The van der Waals surface area contributed by atoms with Gasteiger partial charge >= 0.3 is 5.97 Å². The molecule has 1 N–H and O–H groups in total. The summed E-state index contributed by atoms with van der Waals surface area (Å²) in [5.41, 5.74) is 1.53. The van der Waals surface area contributed by atoms with Gasteiger partial charge in [0.15, 0.2) is 4.83 Å². The number of nitrogens with zero attached hydrogens (tertiary/aromatic N) is 3. The summed E-state index contributed by atoms with van der Waals surface area (Å²) in [4.78, 5) is 39.9. The Kier molecular flexibility index (Phi) is 6.34. The van der Waals surface area contributed by atoms with E-state index < -0.39 is 11.9 Å². The largest absolute Gasteiger partial charge is 0.462 e. The second-order valence-electron chi connectivity index (χ2n) is 9.36. The number of benzene rings is 1. The number of hydrogen-bond acceptors (Lipinski definition) is 7. The molecule has 1 aromatic carbocycles. The number of aryl methyl sites for hydroxylation is 1. The second kappa shape index (κ2) is 9.05. The van der Waals surface area contributed by atoms with Crippen molar-refractivity contribution in [2.24, 2.45) is 11.3 Å². The summed E-state index contributed by atoms with van der Waals surface area (Å²) in [6, 6.07) is 6.59. The normalized spacial score (nSPS) is 15.8. The lowest BCUT2D eigenvalue weighted by atomic mass is 9.72. The molecule has 4 rings (SSSR count). The molecule has 2 aromatic heterocycles. The van der Waals surface area contributed by atoms with Crippen LogP contribution in [0.3, 0.4) is 0 Å². The van der Waals surface area contributed by atoms with Crippen LogP contribution in [0.5, 0.6) is 0 Å². The Balaban J connectivity index is 1.57. The summed E-state index contributed by atoms with van der Waals surface area (Å²) in [6.45, 7) is 8.40. The fraction of sp³-hybridized carbons (Fsp3) is 0.458. The average molecular weight is 469 g/mol. The standard InChI is InChI=1S/C24H28N4O4S/c1-5-32-23(31)15-8-6-7-9-17(15)25-19(29)13-28-22(30)20-16-11-10-14(24(2,3)4)12-18(16)33-21(20)26-27-28/h6-9,14H,5,10-13H2,1-4H3,(H,25,29)/t14-/m1/s1. The number of carbonyl (C=O) groups excluding carboxylic acids is 2. The molecule has 1 atom stereocenters. The summed E-state index contributed by atoms with van der Waals surface area (Å²) in [6.07, 6.45) is 2.79. The second-order valence-corrected chi connectivity index (χ2v) is 10.4. The average Bonchev–Trinajstić information content (AvgIpc) is 3.14. The Bertz CT molecular complexity index is 1270. The van der Waals surface area contributed by atoms with Gasteiger partial charge in [0, 0.05) is 4.88 Å². The molecule has 0 bridgehead atoms. The Morgan fingerprint density at radius 1 is 1.27 bits per heavy atom. The van der Waals surface area contributed by atoms with Crippen LogP contribution in [0.25, 0.3) is 10.2 Å². The molecule has 8 nitrogen and oxygen atoms in total. The van der Waals surface area contributed by atoms with Gasteiger partial charge in [0.25, 0.3) is 5.56 Å². The van der Waals surface area contributed by atoms with Crippen molar-refractivity contribution in [3.63, 3.8) is 0 Å². The molecule has 0 fully saturated rings. The summed E-state index contributed by atoms with van der Waals surface area (Å²) < 4.78 is 6.13. The highest BCUT2D eigenvalue weighted by Crippen LogP contribution is 2.41. The van der Waals surface area contributed by atoms with E-state index >= 15 is 0 Å². The number of ether oxygens (including phenoxy) is 1. The van der Waals surface area contributed by atoms with Gasteiger partial charge in [0.2, 0.25) is 5.91 Å². The highest BCUT2D eigenvalue weighted by atomic mass is 32.1. The first-order valence-corrected chi connectivity index (χ1v) is 11.9. The van der Waals surface area contributed by atoms with E-state index in [-0.39, 0.29) is 29.7 Å². The van der Waals surface area contributed by atoms with Crippen molar-refractivity contribution in [2.75, 3.05) is 11.9 Å². The Morgan fingerprint density at radius 3 is 2.76 bits per heavy atom. The molecule has 1 aliphatic rings. The molecule has 1 amide bonds. The maximum atomic E-state index is 13.2. The number of aromatic nitrogens is 3. The van der Waals surface area contributed by atoms with Gasteiger partial charge in [0.05, 0.1) is 23.2 Å². The van der Waals surface area contributed by atoms with Crippen molar-refractivity contribution in [2.45, 2.75) is 53.5 Å². The molecule has 2 heterocycles. The van der Waals surface area contributed by atoms with E-state index in [0.29, 0.717) is 21.8 Å². The van der Waals surface area contributed by atoms with E-state index in [2.05, 4.69) is 36.4 Å². The third-order valence-electron chi connectivity index (χ3n) is 6.15. The van der Waals surface area contributed by atoms with Crippen molar-refractivity contribution in [1.29, 1.82) is 0 Å². The van der Waals surface area contributed by atoms with Crippen LogP contribution in [0.4, 0.5) is 5.69 Å². The zero-order valence-corrected chi connectivity index (χ0v) is 20.1. The fourth-order valence-corrected chi connectivity index (χ4v) is 5.51. The van der Waals surface area contributed by atoms with Gasteiger partial charge in [-0.2, -0.15) is 0 Å². The Hall–Kier alpha value is -3.07. The van der Waals surface area contributed by atoms with Crippen LogP contribution in [0.1, 0.15) is 54.9 Å². The van der Waals surface area contributed by atoms with Crippen molar-refractivity contribution < 1.29 is 14.3 Å². The predicted octanol–water partition coefficient (Wildman–Crippen LogP) is 3.82. The number of esters is 1. The molecule has 9 heteroatoms. The number of para-hydroxylation sites is 1. The van der Waals surface area contributed by atoms with Crippen molar-refractivity contribution in [3.05, 3.63) is 50.6 Å². The number of nitrogens with one attached hydrogen (secondary N) is 1. The van der Waals surface area contributed by atoms with Gasteiger partial charge in [-0.1, -0.05) is 38.1 Å². The van der Waals surface area contributed by atoms with E-state index in [0.717, 1.165) is 29.5 Å². The molecular weight excluding hydrogens is 440 g/mol. The van der Waals surface area contributed by atoms with Crippen LogP contribution < -0.4 is 10.9 Å². The van der Waals surface area contributed by atoms with Crippen LogP contribution in [-0.4, -0.2) is 33.5 Å². The number of fused-ring (bicyclic) bond motifs is 3. The van der Waals surface area contributed by atoms with Gasteiger partial charge in [-0.3, -0.25) is 9.59 Å². The molecule has 3 aromatic rings. The molecular formula is C24H28N4O4S. The minimum atomic E-state index is -0.523. The lowest BCUT2D eigenvalue weighted by Gasteiger charge is -2.33. The van der Waals surface area contributed by atoms with Gasteiger partial charge < -0.3 is 10.1 Å². The lowest BCUT2D eigenvalue weighted by Crippen LogP contribution is -2.31. The molecule has 33 heavy (non-hydrogen) atoms. The van der Waals surface area contributed by atoms with Gasteiger partial charge in [0.1, 0.15) is 6.54 Å². The van der Waals surface area contributed by atoms with Crippen LogP contribution in [0.15, 0.2) is 29.1 Å². The summed E-state index contributed by atoms with van der Waals surface area (Å²) in [5.74, 6) is -0.442. The van der Waals surface area contributed by atoms with Gasteiger partial charge in [-0.05, 0) is 55.2 Å². The third-order valence-corrected chi connectivity index (χ3v) is 7.29. The van der Waals surface area contributed by atoms with E-state index in [4.69, 9.17) is 4.74 Å². The molecule has 0 spiro atoms. The fourth-order valence-electron chi connectivity index (χ4n) is 4.27. The summed E-state index contributed by atoms with van der Waals surface area (Å²) >= 11 is 1.53. The van der Waals surface area contributed by atoms with Gasteiger partial charge in [-0.25, -0.2) is 9.48 Å². The van der Waals surface area contributed by atoms with Crippen LogP contribution in [0.2, 0.25) is 0 Å². The van der Waals surface area contributed by atoms with E-state index in [9.17, 15) is 14.4 Å². The molecule has 1 aliphatic carbocycles. The maximum Gasteiger partial charge on any atom is 0.340 e. The number of amides is 1. The number of anilines is 1. The molecule has 174 valence electrons. The first kappa shape index (κ1) is 23.1. The number of carbonyl (C=O) groups is 2. The zero-order chi connectivity index (χ0) is 23.8. The quantitative estimate of drug-likeness (QED) is 0.571. The van der Waals surface area contributed by atoms with E-state index in [1.165, 1.54) is 16.2 Å². The monoisotopic (exact) mass is 468 g/mol. The number of hydrogen-bond donors (Lipinski definition) is 1. The minimum Gasteiger partial charge on any atom is -0.462 e. The van der Waals surface area contributed by atoms with E-state index in [1.807, 2.05) is 0 Å². The molecule has 0 saturated carbocycles. The Morgan fingerprint density at radius 2 is 2.03 bits per heavy atom. The zero-order valence-electron chi connectivity index (χ0n) is 19.3. The lowest BCUT2D eigenvalue weighted by molar-refractivity contribution is -0.117. The van der Waals surface area contributed by atoms with Crippen LogP contribution >= 0.6 is 11.3 Å². The number of rotatable bonds is 5. The molecule has 0 saturated heterocycles. The van der Waals surface area contributed by atoms with E-state index in [1.54, 1.807) is 31.2 Å². The third kappa shape index (κ3) is 4.68. The maximum absolute atomic E-state index is 13.2. The van der Waals surface area contributed by atoms with Gasteiger partial charge in [-0.15, -0.1) is 16.4 Å². The van der Waals surface area contributed by atoms with Crippen molar-refractivity contribution in [1.82, 2.24) is 15.0 Å². The predicted molar refractivity (Wildman–Crippen MR) is 128 cm³/mol. The smallest absolute Gasteiger partial charge is 0.340 e. The molecule has 0 unspecified atom stereocenters. The highest BCUT2D eigenvalue weighted by Gasteiger charge is 2.32. The van der Waals surface area contributed by atoms with Crippen LogP contribution in [0, 0.1) is 11.3 Å². The first-order chi connectivity index (χ1) is 15.7. The van der Waals surface area contributed by atoms with Crippen molar-refractivity contribution in [3.8, 4) is 0 Å². The topological polar surface area (TPSA) is 103 Å².